The molecule has 0 bridgehead atoms. The summed E-state index contributed by atoms with van der Waals surface area (Å²) in [5, 5.41) is 2.92. The highest BCUT2D eigenvalue weighted by molar-refractivity contribution is 5.95. The van der Waals surface area contributed by atoms with Crippen LogP contribution in [0.25, 0.3) is 0 Å². The standard InChI is InChI=1S/C19H23N3O2/c1-13-9-14(2)19(15(3)10-13)21-18(24)12-22(16(4)23)11-17-7-5-6-8-20-17/h5-10H,11-12H2,1-4H3,(H,21,24). The predicted octanol–water partition coefficient (Wildman–Crippen LogP) is 2.99. The maximum Gasteiger partial charge on any atom is 0.244 e. The molecule has 0 aliphatic rings. The molecule has 5 nitrogen and oxygen atoms in total. The summed E-state index contributed by atoms with van der Waals surface area (Å²) in [5.74, 6) is -0.371. The fourth-order valence-corrected chi connectivity index (χ4v) is 2.70. The van der Waals surface area contributed by atoms with Gasteiger partial charge >= 0.3 is 0 Å². The molecule has 0 aliphatic heterocycles. The van der Waals surface area contributed by atoms with Crippen LogP contribution in [0.15, 0.2) is 36.5 Å². The number of nitrogens with zero attached hydrogens (tertiary/aromatic N) is 2. The number of rotatable bonds is 5. The van der Waals surface area contributed by atoms with Crippen molar-refractivity contribution in [2.45, 2.75) is 34.2 Å². The van der Waals surface area contributed by atoms with Gasteiger partial charge in [0, 0.05) is 18.8 Å². The molecular weight excluding hydrogens is 302 g/mol. The van der Waals surface area contributed by atoms with E-state index >= 15 is 0 Å². The number of aromatic nitrogens is 1. The molecule has 0 radical (unpaired) electrons. The highest BCUT2D eigenvalue weighted by atomic mass is 16.2. The molecule has 1 heterocycles. The van der Waals surface area contributed by atoms with Crippen molar-refractivity contribution >= 4 is 17.5 Å². The lowest BCUT2D eigenvalue weighted by molar-refractivity contribution is -0.133. The van der Waals surface area contributed by atoms with Gasteiger partial charge in [0.1, 0.15) is 6.54 Å². The van der Waals surface area contributed by atoms with Gasteiger partial charge in [-0.15, -0.1) is 0 Å². The third kappa shape index (κ3) is 4.65. The zero-order valence-corrected chi connectivity index (χ0v) is 14.6. The molecule has 24 heavy (non-hydrogen) atoms. The van der Waals surface area contributed by atoms with Crippen molar-refractivity contribution in [1.29, 1.82) is 0 Å². The molecule has 0 atom stereocenters. The average Bonchev–Trinajstić information content (AvgIpc) is 2.51. The quantitative estimate of drug-likeness (QED) is 0.919. The van der Waals surface area contributed by atoms with E-state index in [9.17, 15) is 9.59 Å². The number of benzene rings is 1. The molecule has 126 valence electrons. The molecule has 0 saturated heterocycles. The molecule has 0 unspecified atom stereocenters. The summed E-state index contributed by atoms with van der Waals surface area (Å²) in [4.78, 5) is 29.9. The van der Waals surface area contributed by atoms with E-state index in [1.807, 2.05) is 51.1 Å². The Hall–Kier alpha value is -2.69. The lowest BCUT2D eigenvalue weighted by Crippen LogP contribution is -2.36. The molecule has 1 aromatic heterocycles. The molecule has 2 amide bonds. The second-order valence-electron chi connectivity index (χ2n) is 6.02. The van der Waals surface area contributed by atoms with Crippen LogP contribution in [0.3, 0.4) is 0 Å². The largest absolute Gasteiger partial charge is 0.328 e. The summed E-state index contributed by atoms with van der Waals surface area (Å²) in [6.07, 6.45) is 1.67. The zero-order chi connectivity index (χ0) is 17.7. The molecule has 2 aromatic rings. The lowest BCUT2D eigenvalue weighted by atomic mass is 10.1. The molecule has 2 rings (SSSR count). The van der Waals surface area contributed by atoms with Crippen LogP contribution in [0.2, 0.25) is 0 Å². The van der Waals surface area contributed by atoms with Gasteiger partial charge in [-0.3, -0.25) is 14.6 Å². The monoisotopic (exact) mass is 325 g/mol. The predicted molar refractivity (Wildman–Crippen MR) is 94.6 cm³/mol. The minimum Gasteiger partial charge on any atom is -0.328 e. The summed E-state index contributed by atoms with van der Waals surface area (Å²) < 4.78 is 0. The molecule has 0 spiro atoms. The Morgan fingerprint density at radius 2 is 1.79 bits per heavy atom. The molecule has 0 fully saturated rings. The van der Waals surface area contributed by atoms with E-state index in [0.717, 1.165) is 28.1 Å². The first-order valence-electron chi connectivity index (χ1n) is 7.90. The minimum atomic E-state index is -0.212. The lowest BCUT2D eigenvalue weighted by Gasteiger charge is -2.21. The van der Waals surface area contributed by atoms with Crippen LogP contribution >= 0.6 is 0 Å². The van der Waals surface area contributed by atoms with Crippen molar-refractivity contribution in [3.63, 3.8) is 0 Å². The Balaban J connectivity index is 2.07. The van der Waals surface area contributed by atoms with Gasteiger partial charge in [0.25, 0.3) is 0 Å². The van der Waals surface area contributed by atoms with Crippen LogP contribution in [0.1, 0.15) is 29.3 Å². The summed E-state index contributed by atoms with van der Waals surface area (Å²) in [7, 11) is 0. The van der Waals surface area contributed by atoms with Crippen LogP contribution in [0, 0.1) is 20.8 Å². The third-order valence-electron chi connectivity index (χ3n) is 3.80. The smallest absolute Gasteiger partial charge is 0.244 e. The fourth-order valence-electron chi connectivity index (χ4n) is 2.70. The summed E-state index contributed by atoms with van der Waals surface area (Å²) >= 11 is 0. The third-order valence-corrected chi connectivity index (χ3v) is 3.80. The van der Waals surface area contributed by atoms with Gasteiger partial charge in [0.2, 0.25) is 11.8 Å². The van der Waals surface area contributed by atoms with Crippen molar-refractivity contribution < 1.29 is 9.59 Å². The van der Waals surface area contributed by atoms with Gasteiger partial charge in [0.05, 0.1) is 12.2 Å². The number of pyridine rings is 1. The Kier molecular flexibility index (Phi) is 5.68. The van der Waals surface area contributed by atoms with Gasteiger partial charge in [0.15, 0.2) is 0 Å². The Morgan fingerprint density at radius 3 is 2.33 bits per heavy atom. The first-order valence-corrected chi connectivity index (χ1v) is 7.90. The fraction of sp³-hybridized carbons (Fsp3) is 0.316. The van der Waals surface area contributed by atoms with Gasteiger partial charge in [-0.2, -0.15) is 0 Å². The normalized spacial score (nSPS) is 10.3. The van der Waals surface area contributed by atoms with Crippen molar-refractivity contribution in [2.75, 3.05) is 11.9 Å². The Morgan fingerprint density at radius 1 is 1.12 bits per heavy atom. The summed E-state index contributed by atoms with van der Waals surface area (Å²) in [6.45, 7) is 7.72. The molecule has 0 aliphatic carbocycles. The topological polar surface area (TPSA) is 62.3 Å². The number of amides is 2. The second kappa shape index (κ2) is 7.73. The van der Waals surface area contributed by atoms with E-state index in [-0.39, 0.29) is 18.4 Å². The Bertz CT molecular complexity index is 719. The van der Waals surface area contributed by atoms with E-state index in [2.05, 4.69) is 10.3 Å². The number of nitrogens with one attached hydrogen (secondary N) is 1. The van der Waals surface area contributed by atoms with Crippen LogP contribution in [-0.2, 0) is 16.1 Å². The maximum atomic E-state index is 12.4. The SMILES string of the molecule is CC(=O)N(CC(=O)Nc1c(C)cc(C)cc1C)Cc1ccccn1. The van der Waals surface area contributed by atoms with Crippen LogP contribution in [0.4, 0.5) is 5.69 Å². The van der Waals surface area contributed by atoms with Gasteiger partial charge in [-0.1, -0.05) is 23.8 Å². The number of hydrogen-bond donors (Lipinski definition) is 1. The van der Waals surface area contributed by atoms with Crippen LogP contribution in [-0.4, -0.2) is 28.2 Å². The van der Waals surface area contributed by atoms with E-state index in [4.69, 9.17) is 0 Å². The number of aryl methyl sites for hydroxylation is 3. The number of anilines is 1. The Labute approximate surface area is 142 Å². The van der Waals surface area contributed by atoms with Crippen LogP contribution in [0.5, 0.6) is 0 Å². The molecule has 0 saturated carbocycles. The molecule has 1 N–H and O–H groups in total. The minimum absolute atomic E-state index is 0.00133. The molecular formula is C19H23N3O2. The van der Waals surface area contributed by atoms with Gasteiger partial charge < -0.3 is 10.2 Å². The van der Waals surface area contributed by atoms with E-state index < -0.39 is 0 Å². The average molecular weight is 325 g/mol. The number of carbonyl (C=O) groups excluding carboxylic acids is 2. The zero-order valence-electron chi connectivity index (χ0n) is 14.6. The van der Waals surface area contributed by atoms with Gasteiger partial charge in [-0.05, 0) is 44.0 Å². The van der Waals surface area contributed by atoms with Crippen molar-refractivity contribution in [3.8, 4) is 0 Å². The number of hydrogen-bond acceptors (Lipinski definition) is 3. The van der Waals surface area contributed by atoms with E-state index in [0.29, 0.717) is 6.54 Å². The number of carbonyl (C=O) groups is 2. The highest BCUT2D eigenvalue weighted by Crippen LogP contribution is 2.21. The van der Waals surface area contributed by atoms with Crippen molar-refractivity contribution in [3.05, 3.63) is 58.9 Å². The van der Waals surface area contributed by atoms with E-state index in [1.54, 1.807) is 6.20 Å². The molecule has 1 aromatic carbocycles. The van der Waals surface area contributed by atoms with Crippen molar-refractivity contribution in [2.24, 2.45) is 0 Å². The molecule has 5 heteroatoms. The summed E-state index contributed by atoms with van der Waals surface area (Å²) in [6, 6.07) is 9.57. The van der Waals surface area contributed by atoms with E-state index in [1.165, 1.54) is 11.8 Å². The van der Waals surface area contributed by atoms with Gasteiger partial charge in [-0.25, -0.2) is 0 Å². The maximum absolute atomic E-state index is 12.4. The first kappa shape index (κ1) is 17.7. The second-order valence-corrected chi connectivity index (χ2v) is 6.02. The first-order chi connectivity index (χ1) is 11.4. The summed E-state index contributed by atoms with van der Waals surface area (Å²) in [5.41, 5.74) is 4.75. The van der Waals surface area contributed by atoms with Crippen molar-refractivity contribution in [1.82, 2.24) is 9.88 Å². The van der Waals surface area contributed by atoms with Crippen LogP contribution < -0.4 is 5.32 Å². The highest BCUT2D eigenvalue weighted by Gasteiger charge is 2.16.